The maximum Gasteiger partial charge on any atom is 0.235 e. The van der Waals surface area contributed by atoms with E-state index in [9.17, 15) is 4.79 Å². The van der Waals surface area contributed by atoms with Crippen LogP contribution in [-0.4, -0.2) is 51.0 Å². The van der Waals surface area contributed by atoms with Gasteiger partial charge in [-0.25, -0.2) is 0 Å². The first-order valence-corrected chi connectivity index (χ1v) is 10.0. The van der Waals surface area contributed by atoms with Crippen molar-refractivity contribution in [2.45, 2.75) is 50.1 Å². The van der Waals surface area contributed by atoms with Gasteiger partial charge in [-0.05, 0) is 57.4 Å². The minimum absolute atomic E-state index is 0.161. The Bertz CT molecular complexity index is 738. The van der Waals surface area contributed by atoms with E-state index in [2.05, 4.69) is 21.7 Å². The molecule has 1 aromatic carbocycles. The van der Waals surface area contributed by atoms with Crippen LogP contribution < -0.4 is 4.74 Å². The number of thioether (sulfide) groups is 1. The Morgan fingerprint density at radius 3 is 2.50 bits per heavy atom. The van der Waals surface area contributed by atoms with E-state index in [1.165, 1.54) is 18.2 Å². The third-order valence-corrected chi connectivity index (χ3v) is 5.75. The lowest BCUT2D eigenvalue weighted by Gasteiger charge is -2.28. The molecule has 0 radical (unpaired) electrons. The van der Waals surface area contributed by atoms with Gasteiger partial charge in [-0.3, -0.25) is 4.79 Å². The van der Waals surface area contributed by atoms with Crippen LogP contribution in [0.3, 0.4) is 0 Å². The maximum atomic E-state index is 12.7. The van der Waals surface area contributed by atoms with E-state index in [4.69, 9.17) is 4.74 Å². The molecule has 1 amide bonds. The van der Waals surface area contributed by atoms with E-state index < -0.39 is 0 Å². The van der Waals surface area contributed by atoms with Crippen molar-refractivity contribution in [1.82, 2.24) is 19.7 Å². The van der Waals surface area contributed by atoms with Gasteiger partial charge < -0.3 is 14.2 Å². The zero-order chi connectivity index (χ0) is 18.5. The second kappa shape index (κ2) is 8.58. The number of ether oxygens (including phenoxy) is 1. The molecule has 0 spiro atoms. The van der Waals surface area contributed by atoms with Crippen LogP contribution in [0.4, 0.5) is 0 Å². The Balaban J connectivity index is 1.75. The van der Waals surface area contributed by atoms with Crippen molar-refractivity contribution in [2.24, 2.45) is 0 Å². The zero-order valence-electron chi connectivity index (χ0n) is 15.6. The molecule has 26 heavy (non-hydrogen) atoms. The molecular weight excluding hydrogens is 348 g/mol. The molecule has 0 N–H and O–H groups in total. The summed E-state index contributed by atoms with van der Waals surface area (Å²) in [6, 6.07) is 7.79. The highest BCUT2D eigenvalue weighted by Gasteiger charge is 2.25. The fraction of sp³-hybridized carbons (Fsp3) is 0.526. The van der Waals surface area contributed by atoms with Gasteiger partial charge in [0.05, 0.1) is 12.4 Å². The minimum Gasteiger partial charge on any atom is -0.497 e. The van der Waals surface area contributed by atoms with Crippen LogP contribution in [0.25, 0.3) is 11.4 Å². The SMILES string of the molecule is CCn1c(S[C@@H](C)C(=O)N2CCCCC2)nnc1-c1ccc(OC)cc1. The quantitative estimate of drug-likeness (QED) is 0.725. The Labute approximate surface area is 158 Å². The molecule has 0 unspecified atom stereocenters. The molecule has 1 aliphatic rings. The predicted molar refractivity (Wildman–Crippen MR) is 103 cm³/mol. The Morgan fingerprint density at radius 1 is 1.19 bits per heavy atom. The van der Waals surface area contributed by atoms with Crippen LogP contribution in [0.1, 0.15) is 33.1 Å². The summed E-state index contributed by atoms with van der Waals surface area (Å²) in [7, 11) is 1.65. The van der Waals surface area contributed by atoms with Gasteiger partial charge in [0.2, 0.25) is 5.91 Å². The first kappa shape index (κ1) is 18.8. The fourth-order valence-electron chi connectivity index (χ4n) is 3.19. The smallest absolute Gasteiger partial charge is 0.235 e. The van der Waals surface area contributed by atoms with Crippen molar-refractivity contribution in [3.8, 4) is 17.1 Å². The molecule has 1 saturated heterocycles. The predicted octanol–water partition coefficient (Wildman–Crippen LogP) is 3.47. The maximum absolute atomic E-state index is 12.7. The summed E-state index contributed by atoms with van der Waals surface area (Å²) in [5, 5.41) is 9.34. The van der Waals surface area contributed by atoms with Gasteiger partial charge >= 0.3 is 0 Å². The summed E-state index contributed by atoms with van der Waals surface area (Å²) in [6.07, 6.45) is 3.44. The summed E-state index contributed by atoms with van der Waals surface area (Å²) in [5.74, 6) is 1.83. The van der Waals surface area contributed by atoms with E-state index >= 15 is 0 Å². The third-order valence-electron chi connectivity index (χ3n) is 4.68. The van der Waals surface area contributed by atoms with Gasteiger partial charge in [-0.2, -0.15) is 0 Å². The Kier molecular flexibility index (Phi) is 6.19. The van der Waals surface area contributed by atoms with Crippen molar-refractivity contribution >= 4 is 17.7 Å². The first-order valence-electron chi connectivity index (χ1n) is 9.17. The molecule has 1 fully saturated rings. The highest BCUT2D eigenvalue weighted by Crippen LogP contribution is 2.29. The number of carbonyl (C=O) groups excluding carboxylic acids is 1. The van der Waals surface area contributed by atoms with Gasteiger partial charge in [0.1, 0.15) is 5.75 Å². The number of piperidine rings is 1. The van der Waals surface area contributed by atoms with Crippen molar-refractivity contribution in [3.05, 3.63) is 24.3 Å². The van der Waals surface area contributed by atoms with Crippen LogP contribution in [0.15, 0.2) is 29.4 Å². The number of aromatic nitrogens is 3. The molecule has 0 aliphatic carbocycles. The van der Waals surface area contributed by atoms with Crippen LogP contribution in [0.5, 0.6) is 5.75 Å². The highest BCUT2D eigenvalue weighted by molar-refractivity contribution is 8.00. The molecule has 1 atom stereocenters. The molecule has 2 heterocycles. The standard InChI is InChI=1S/C19H26N4O2S/c1-4-23-17(15-8-10-16(25-3)11-9-15)20-21-19(23)26-14(2)18(24)22-12-6-5-7-13-22/h8-11,14H,4-7,12-13H2,1-3H3/t14-/m0/s1. The molecule has 7 heteroatoms. The second-order valence-corrected chi connectivity index (χ2v) is 7.73. The van der Waals surface area contributed by atoms with E-state index in [0.29, 0.717) is 0 Å². The summed E-state index contributed by atoms with van der Waals surface area (Å²) < 4.78 is 7.28. The zero-order valence-corrected chi connectivity index (χ0v) is 16.5. The number of likely N-dealkylation sites (tertiary alicyclic amines) is 1. The van der Waals surface area contributed by atoms with E-state index in [1.54, 1.807) is 7.11 Å². The number of rotatable bonds is 6. The molecule has 140 valence electrons. The van der Waals surface area contributed by atoms with Crippen molar-refractivity contribution in [2.75, 3.05) is 20.2 Å². The van der Waals surface area contributed by atoms with Crippen LogP contribution >= 0.6 is 11.8 Å². The number of nitrogens with zero attached hydrogens (tertiary/aromatic N) is 4. The third kappa shape index (κ3) is 4.03. The summed E-state index contributed by atoms with van der Waals surface area (Å²) in [4.78, 5) is 14.7. The van der Waals surface area contributed by atoms with Gasteiger partial charge in [-0.15, -0.1) is 10.2 Å². The van der Waals surface area contributed by atoms with Gasteiger partial charge in [0.15, 0.2) is 11.0 Å². The lowest BCUT2D eigenvalue weighted by atomic mass is 10.1. The van der Waals surface area contributed by atoms with Gasteiger partial charge in [0.25, 0.3) is 0 Å². The largest absolute Gasteiger partial charge is 0.497 e. The van der Waals surface area contributed by atoms with Gasteiger partial charge in [-0.1, -0.05) is 11.8 Å². The molecule has 0 bridgehead atoms. The Hall–Kier alpha value is -2.02. The van der Waals surface area contributed by atoms with Gasteiger partial charge in [0, 0.05) is 25.2 Å². The monoisotopic (exact) mass is 374 g/mol. The van der Waals surface area contributed by atoms with Crippen molar-refractivity contribution < 1.29 is 9.53 Å². The lowest BCUT2D eigenvalue weighted by Crippen LogP contribution is -2.40. The molecule has 0 saturated carbocycles. The average molecular weight is 375 g/mol. The molecule has 2 aromatic rings. The molecule has 6 nitrogen and oxygen atoms in total. The van der Waals surface area contributed by atoms with Crippen LogP contribution in [-0.2, 0) is 11.3 Å². The van der Waals surface area contributed by atoms with E-state index in [1.807, 2.05) is 36.1 Å². The van der Waals surface area contributed by atoms with E-state index in [-0.39, 0.29) is 11.2 Å². The van der Waals surface area contributed by atoms with Crippen molar-refractivity contribution in [1.29, 1.82) is 0 Å². The van der Waals surface area contributed by atoms with Crippen LogP contribution in [0, 0.1) is 0 Å². The Morgan fingerprint density at radius 2 is 1.88 bits per heavy atom. The number of amides is 1. The number of hydrogen-bond acceptors (Lipinski definition) is 5. The fourth-order valence-corrected chi connectivity index (χ4v) is 4.19. The second-order valence-electron chi connectivity index (χ2n) is 6.42. The molecule has 3 rings (SSSR count). The number of carbonyl (C=O) groups is 1. The van der Waals surface area contributed by atoms with Crippen LogP contribution in [0.2, 0.25) is 0 Å². The molecule has 1 aliphatic heterocycles. The number of methoxy groups -OCH3 is 1. The molecular formula is C19H26N4O2S. The minimum atomic E-state index is -0.161. The lowest BCUT2D eigenvalue weighted by molar-refractivity contribution is -0.131. The topological polar surface area (TPSA) is 60.2 Å². The highest BCUT2D eigenvalue weighted by atomic mass is 32.2. The summed E-state index contributed by atoms with van der Waals surface area (Å²) in [6.45, 7) is 6.53. The number of hydrogen-bond donors (Lipinski definition) is 0. The van der Waals surface area contributed by atoms with Crippen molar-refractivity contribution in [3.63, 3.8) is 0 Å². The summed E-state index contributed by atoms with van der Waals surface area (Å²) in [5.41, 5.74) is 0.988. The first-order chi connectivity index (χ1) is 12.6. The average Bonchev–Trinajstić information content (AvgIpc) is 3.10. The number of benzene rings is 1. The summed E-state index contributed by atoms with van der Waals surface area (Å²) >= 11 is 1.49. The molecule has 1 aromatic heterocycles. The normalized spacial score (nSPS) is 15.7. The van der Waals surface area contributed by atoms with E-state index in [0.717, 1.165) is 54.8 Å².